The van der Waals surface area contributed by atoms with Crippen molar-refractivity contribution < 1.29 is 19.1 Å². The molecule has 0 aromatic heterocycles. The summed E-state index contributed by atoms with van der Waals surface area (Å²) in [5.74, 6) is -0.697. The van der Waals surface area contributed by atoms with Gasteiger partial charge in [-0.3, -0.25) is 0 Å². The molecule has 4 nitrogen and oxygen atoms in total. The van der Waals surface area contributed by atoms with Gasteiger partial charge in [0, 0.05) is 10.0 Å². The van der Waals surface area contributed by atoms with E-state index in [0.717, 1.165) is 25.7 Å². The Bertz CT molecular complexity index is 648. The van der Waals surface area contributed by atoms with E-state index in [1.807, 2.05) is 0 Å². The Labute approximate surface area is 163 Å². The molecule has 0 saturated carbocycles. The van der Waals surface area contributed by atoms with Crippen LogP contribution in [0.4, 0.5) is 0 Å². The molecule has 2 rings (SSSR count). The van der Waals surface area contributed by atoms with Crippen molar-refractivity contribution in [1.29, 1.82) is 0 Å². The van der Waals surface area contributed by atoms with Crippen molar-refractivity contribution in [2.75, 3.05) is 13.2 Å². The van der Waals surface area contributed by atoms with Gasteiger partial charge in [-0.25, -0.2) is 9.59 Å². The second kappa shape index (κ2) is 10.8. The van der Waals surface area contributed by atoms with Gasteiger partial charge in [0.15, 0.2) is 0 Å². The summed E-state index contributed by atoms with van der Waals surface area (Å²) in [5, 5.41) is 1.16. The Morgan fingerprint density at radius 3 is 1.31 bits per heavy atom. The highest BCUT2D eigenvalue weighted by Gasteiger charge is 2.07. The SMILES string of the molecule is O=C(OCCCCCCOC(=O)c1ccc(Cl)cc1)c1ccc(Cl)cc1. The van der Waals surface area contributed by atoms with E-state index in [1.165, 1.54) is 0 Å². The molecule has 0 fully saturated rings. The van der Waals surface area contributed by atoms with E-state index in [1.54, 1.807) is 48.5 Å². The molecule has 0 aliphatic rings. The van der Waals surface area contributed by atoms with Crippen LogP contribution >= 0.6 is 23.2 Å². The van der Waals surface area contributed by atoms with Crippen LogP contribution in [0.1, 0.15) is 46.4 Å². The summed E-state index contributed by atoms with van der Waals surface area (Å²) in [6, 6.07) is 13.2. The molecule has 138 valence electrons. The van der Waals surface area contributed by atoms with Gasteiger partial charge >= 0.3 is 11.9 Å². The maximum absolute atomic E-state index is 11.8. The standard InChI is InChI=1S/C20H20Cl2O4/c21-17-9-5-15(6-10-17)19(23)25-13-3-1-2-4-14-26-20(24)16-7-11-18(22)12-8-16/h5-12H,1-4,13-14H2. The van der Waals surface area contributed by atoms with Crippen LogP contribution in [-0.2, 0) is 9.47 Å². The van der Waals surface area contributed by atoms with Crippen LogP contribution in [0.15, 0.2) is 48.5 Å². The Morgan fingerprint density at radius 1 is 0.615 bits per heavy atom. The van der Waals surface area contributed by atoms with Gasteiger partial charge in [0.2, 0.25) is 0 Å². The van der Waals surface area contributed by atoms with Crippen LogP contribution in [0.3, 0.4) is 0 Å². The molecule has 0 N–H and O–H groups in total. The number of rotatable bonds is 9. The van der Waals surface area contributed by atoms with Gasteiger partial charge in [0.05, 0.1) is 24.3 Å². The van der Waals surface area contributed by atoms with Crippen molar-refractivity contribution >= 4 is 35.1 Å². The number of halogens is 2. The van der Waals surface area contributed by atoms with E-state index in [0.29, 0.717) is 34.4 Å². The molecule has 0 spiro atoms. The number of ether oxygens (including phenoxy) is 2. The summed E-state index contributed by atoms with van der Waals surface area (Å²) >= 11 is 11.6. The largest absolute Gasteiger partial charge is 0.462 e. The Morgan fingerprint density at radius 2 is 0.962 bits per heavy atom. The van der Waals surface area contributed by atoms with Crippen LogP contribution < -0.4 is 0 Å². The van der Waals surface area contributed by atoms with E-state index < -0.39 is 0 Å². The van der Waals surface area contributed by atoms with Crippen LogP contribution in [0.2, 0.25) is 10.0 Å². The quantitative estimate of drug-likeness (QED) is 0.412. The first-order chi connectivity index (χ1) is 12.6. The lowest BCUT2D eigenvalue weighted by Crippen LogP contribution is -2.07. The van der Waals surface area contributed by atoms with Crippen molar-refractivity contribution in [3.05, 3.63) is 69.7 Å². The smallest absolute Gasteiger partial charge is 0.338 e. The summed E-state index contributed by atoms with van der Waals surface area (Å²) in [6.45, 7) is 0.734. The number of carbonyl (C=O) groups excluding carboxylic acids is 2. The van der Waals surface area contributed by atoms with Gasteiger partial charge in [-0.2, -0.15) is 0 Å². The fraction of sp³-hybridized carbons (Fsp3) is 0.300. The van der Waals surface area contributed by atoms with E-state index in [9.17, 15) is 9.59 Å². The fourth-order valence-electron chi connectivity index (χ4n) is 2.23. The predicted molar refractivity (Wildman–Crippen MR) is 102 cm³/mol. The van der Waals surface area contributed by atoms with E-state index >= 15 is 0 Å². The highest BCUT2D eigenvalue weighted by Crippen LogP contribution is 2.12. The minimum atomic E-state index is -0.349. The van der Waals surface area contributed by atoms with E-state index in [2.05, 4.69) is 0 Å². The van der Waals surface area contributed by atoms with Gasteiger partial charge in [0.25, 0.3) is 0 Å². The lowest BCUT2D eigenvalue weighted by atomic mass is 10.2. The maximum atomic E-state index is 11.8. The molecule has 0 unspecified atom stereocenters. The average Bonchev–Trinajstić information content (AvgIpc) is 2.64. The second-order valence-electron chi connectivity index (χ2n) is 5.70. The molecule has 0 saturated heterocycles. The van der Waals surface area contributed by atoms with Crippen molar-refractivity contribution in [3.8, 4) is 0 Å². The van der Waals surface area contributed by atoms with Gasteiger partial charge in [0.1, 0.15) is 0 Å². The van der Waals surface area contributed by atoms with Crippen molar-refractivity contribution in [3.63, 3.8) is 0 Å². The first-order valence-corrected chi connectivity index (χ1v) is 9.17. The molecule has 26 heavy (non-hydrogen) atoms. The zero-order chi connectivity index (χ0) is 18.8. The Balaban J connectivity index is 1.51. The summed E-state index contributed by atoms with van der Waals surface area (Å²) in [7, 11) is 0. The van der Waals surface area contributed by atoms with E-state index in [4.69, 9.17) is 32.7 Å². The van der Waals surface area contributed by atoms with Gasteiger partial charge < -0.3 is 9.47 Å². The third-order valence-electron chi connectivity index (χ3n) is 3.66. The lowest BCUT2D eigenvalue weighted by Gasteiger charge is -2.06. The molecule has 2 aromatic rings. The number of hydrogen-bond acceptors (Lipinski definition) is 4. The molecule has 0 aliphatic heterocycles. The van der Waals surface area contributed by atoms with Gasteiger partial charge in [-0.15, -0.1) is 0 Å². The maximum Gasteiger partial charge on any atom is 0.338 e. The summed E-state index contributed by atoms with van der Waals surface area (Å²) in [6.07, 6.45) is 3.33. The molecular weight excluding hydrogens is 375 g/mol. The third-order valence-corrected chi connectivity index (χ3v) is 4.17. The van der Waals surface area contributed by atoms with Crippen LogP contribution in [0, 0.1) is 0 Å². The third kappa shape index (κ3) is 7.06. The Kier molecular flexibility index (Phi) is 8.45. The fourth-order valence-corrected chi connectivity index (χ4v) is 2.48. The molecule has 0 aliphatic carbocycles. The molecular formula is C20H20Cl2O4. The van der Waals surface area contributed by atoms with Crippen molar-refractivity contribution in [2.24, 2.45) is 0 Å². The number of hydrogen-bond donors (Lipinski definition) is 0. The average molecular weight is 395 g/mol. The minimum Gasteiger partial charge on any atom is -0.462 e. The zero-order valence-electron chi connectivity index (χ0n) is 14.3. The molecule has 0 atom stereocenters. The second-order valence-corrected chi connectivity index (χ2v) is 6.57. The highest BCUT2D eigenvalue weighted by atomic mass is 35.5. The molecule has 0 bridgehead atoms. The van der Waals surface area contributed by atoms with Gasteiger partial charge in [-0.05, 0) is 74.2 Å². The first kappa shape index (κ1) is 20.3. The molecule has 0 radical (unpaired) electrons. The molecule has 2 aromatic carbocycles. The highest BCUT2D eigenvalue weighted by molar-refractivity contribution is 6.30. The molecule has 6 heteroatoms. The van der Waals surface area contributed by atoms with Crippen molar-refractivity contribution in [1.82, 2.24) is 0 Å². The van der Waals surface area contributed by atoms with E-state index in [-0.39, 0.29) is 11.9 Å². The normalized spacial score (nSPS) is 10.4. The van der Waals surface area contributed by atoms with Gasteiger partial charge in [-0.1, -0.05) is 23.2 Å². The number of carbonyl (C=O) groups is 2. The monoisotopic (exact) mass is 394 g/mol. The first-order valence-electron chi connectivity index (χ1n) is 8.41. The van der Waals surface area contributed by atoms with Crippen LogP contribution in [0.25, 0.3) is 0 Å². The summed E-state index contributed by atoms with van der Waals surface area (Å²) in [5.41, 5.74) is 0.979. The predicted octanol–water partition coefficient (Wildman–Crippen LogP) is 5.57. The summed E-state index contributed by atoms with van der Waals surface area (Å²) < 4.78 is 10.4. The van der Waals surface area contributed by atoms with Crippen LogP contribution in [0.5, 0.6) is 0 Å². The zero-order valence-corrected chi connectivity index (χ0v) is 15.8. The molecule has 0 heterocycles. The van der Waals surface area contributed by atoms with Crippen molar-refractivity contribution in [2.45, 2.75) is 25.7 Å². The lowest BCUT2D eigenvalue weighted by molar-refractivity contribution is 0.0473. The number of benzene rings is 2. The summed E-state index contributed by atoms with van der Waals surface area (Å²) in [4.78, 5) is 23.6. The van der Waals surface area contributed by atoms with Crippen LogP contribution in [-0.4, -0.2) is 25.2 Å². The molecule has 0 amide bonds. The Hall–Kier alpha value is -2.04. The number of unbranched alkanes of at least 4 members (excludes halogenated alkanes) is 3. The minimum absolute atomic E-state index is 0.349. The topological polar surface area (TPSA) is 52.6 Å². The number of esters is 2.